The highest BCUT2D eigenvalue weighted by Gasteiger charge is 2.10. The molecule has 5 heteroatoms. The molecule has 140 valence electrons. The molecule has 1 amide bonds. The average molecular weight is 362 g/mol. The van der Waals surface area contributed by atoms with Gasteiger partial charge < -0.3 is 10.6 Å². The predicted molar refractivity (Wildman–Crippen MR) is 109 cm³/mol. The number of aryl methyl sites for hydroxylation is 2. The number of rotatable bonds is 7. The number of aromatic nitrogens is 2. The number of anilines is 1. The van der Waals surface area contributed by atoms with Gasteiger partial charge in [-0.2, -0.15) is 5.10 Å². The number of hydrogen-bond acceptors (Lipinski definition) is 3. The second-order valence-electron chi connectivity index (χ2n) is 6.68. The highest BCUT2D eigenvalue weighted by atomic mass is 16.1. The van der Waals surface area contributed by atoms with Crippen molar-refractivity contribution in [3.63, 3.8) is 0 Å². The Morgan fingerprint density at radius 2 is 1.89 bits per heavy atom. The van der Waals surface area contributed by atoms with Crippen LogP contribution in [0, 0.1) is 13.8 Å². The quantitative estimate of drug-likeness (QED) is 0.670. The molecule has 0 aliphatic rings. The minimum Gasteiger partial charge on any atom is -0.322 e. The fourth-order valence-corrected chi connectivity index (χ4v) is 3.07. The number of benzene rings is 2. The zero-order valence-electron chi connectivity index (χ0n) is 16.1. The monoisotopic (exact) mass is 362 g/mol. The number of nitrogens with zero attached hydrogens (tertiary/aromatic N) is 2. The molecule has 0 unspecified atom stereocenters. The fourth-order valence-electron chi connectivity index (χ4n) is 3.07. The third kappa shape index (κ3) is 4.83. The maximum absolute atomic E-state index is 12.8. The summed E-state index contributed by atoms with van der Waals surface area (Å²) in [6.07, 6.45) is 0. The normalized spacial score (nSPS) is 10.8. The first-order valence-electron chi connectivity index (χ1n) is 9.26. The molecule has 0 bridgehead atoms. The minimum atomic E-state index is -0.103. The van der Waals surface area contributed by atoms with Crippen molar-refractivity contribution in [1.82, 2.24) is 15.1 Å². The summed E-state index contributed by atoms with van der Waals surface area (Å²) in [5.41, 5.74) is 5.72. The number of amides is 1. The van der Waals surface area contributed by atoms with Crippen molar-refractivity contribution in [2.45, 2.75) is 33.9 Å². The molecule has 1 heterocycles. The Hall–Kier alpha value is -2.92. The fraction of sp³-hybridized carbons (Fsp3) is 0.273. The lowest BCUT2D eigenvalue weighted by Crippen LogP contribution is -2.17. The lowest BCUT2D eigenvalue weighted by atomic mass is 10.1. The van der Waals surface area contributed by atoms with Gasteiger partial charge >= 0.3 is 0 Å². The Labute approximate surface area is 160 Å². The lowest BCUT2D eigenvalue weighted by molar-refractivity contribution is 0.102. The third-order valence-corrected chi connectivity index (χ3v) is 4.46. The van der Waals surface area contributed by atoms with Gasteiger partial charge in [0.15, 0.2) is 0 Å². The summed E-state index contributed by atoms with van der Waals surface area (Å²) in [4.78, 5) is 12.8. The summed E-state index contributed by atoms with van der Waals surface area (Å²) in [6, 6.07) is 17.6. The minimum absolute atomic E-state index is 0.103. The number of carbonyl (C=O) groups is 1. The van der Waals surface area contributed by atoms with Crippen LogP contribution in [0.25, 0.3) is 0 Å². The summed E-state index contributed by atoms with van der Waals surface area (Å²) in [6.45, 7) is 8.35. The van der Waals surface area contributed by atoms with E-state index in [0.29, 0.717) is 12.1 Å². The first kappa shape index (κ1) is 18.9. The molecule has 0 saturated carbocycles. The molecule has 0 saturated heterocycles. The summed E-state index contributed by atoms with van der Waals surface area (Å²) in [7, 11) is 0. The van der Waals surface area contributed by atoms with Crippen molar-refractivity contribution in [2.24, 2.45) is 0 Å². The van der Waals surface area contributed by atoms with Crippen LogP contribution in [0.2, 0.25) is 0 Å². The second kappa shape index (κ2) is 8.64. The van der Waals surface area contributed by atoms with E-state index >= 15 is 0 Å². The van der Waals surface area contributed by atoms with Crippen molar-refractivity contribution >= 4 is 11.6 Å². The molecule has 2 N–H and O–H groups in total. The second-order valence-corrected chi connectivity index (χ2v) is 6.68. The molecule has 0 radical (unpaired) electrons. The molecule has 0 fully saturated rings. The van der Waals surface area contributed by atoms with E-state index in [-0.39, 0.29) is 5.91 Å². The molecule has 0 aliphatic heterocycles. The molecular weight excluding hydrogens is 336 g/mol. The number of hydrogen-bond donors (Lipinski definition) is 2. The Morgan fingerprint density at radius 1 is 1.07 bits per heavy atom. The van der Waals surface area contributed by atoms with Crippen LogP contribution in [-0.2, 0) is 13.1 Å². The maximum Gasteiger partial charge on any atom is 0.255 e. The predicted octanol–water partition coefficient (Wildman–Crippen LogP) is 3.91. The van der Waals surface area contributed by atoms with Crippen LogP contribution >= 0.6 is 0 Å². The van der Waals surface area contributed by atoms with Crippen molar-refractivity contribution in [3.05, 3.63) is 82.7 Å². The molecule has 1 aromatic heterocycles. The van der Waals surface area contributed by atoms with Crippen molar-refractivity contribution in [2.75, 3.05) is 11.9 Å². The highest BCUT2D eigenvalue weighted by molar-refractivity contribution is 6.04. The standard InChI is InChI=1S/C22H26N4O/c1-4-23-14-20-9-5-6-11-21(20)24-22(27)19-10-7-8-18(13-19)15-26-17(3)12-16(2)25-26/h5-13,23H,4,14-15H2,1-3H3,(H,24,27). The van der Waals surface area contributed by atoms with E-state index in [9.17, 15) is 4.79 Å². The summed E-state index contributed by atoms with van der Waals surface area (Å²) < 4.78 is 1.96. The van der Waals surface area contributed by atoms with E-state index < -0.39 is 0 Å². The van der Waals surface area contributed by atoms with Crippen LogP contribution < -0.4 is 10.6 Å². The molecule has 0 atom stereocenters. The Kier molecular flexibility index (Phi) is 6.04. The maximum atomic E-state index is 12.8. The molecule has 2 aromatic carbocycles. The van der Waals surface area contributed by atoms with Gasteiger partial charge in [-0.3, -0.25) is 9.48 Å². The van der Waals surface area contributed by atoms with Gasteiger partial charge in [0.25, 0.3) is 5.91 Å². The molecular formula is C22H26N4O. The molecule has 3 aromatic rings. The molecule has 5 nitrogen and oxygen atoms in total. The third-order valence-electron chi connectivity index (χ3n) is 4.46. The summed E-state index contributed by atoms with van der Waals surface area (Å²) >= 11 is 0. The van der Waals surface area contributed by atoms with Crippen LogP contribution in [0.5, 0.6) is 0 Å². The largest absolute Gasteiger partial charge is 0.322 e. The van der Waals surface area contributed by atoms with Crippen LogP contribution in [0.1, 0.15) is 39.8 Å². The summed E-state index contributed by atoms with van der Waals surface area (Å²) in [5.74, 6) is -0.103. The number of carbonyl (C=O) groups excluding carboxylic acids is 1. The molecule has 0 aliphatic carbocycles. The van der Waals surface area contributed by atoms with Crippen LogP contribution in [0.15, 0.2) is 54.6 Å². The van der Waals surface area contributed by atoms with Crippen LogP contribution in [-0.4, -0.2) is 22.2 Å². The van der Waals surface area contributed by atoms with Gasteiger partial charge in [0, 0.05) is 23.5 Å². The van der Waals surface area contributed by atoms with Gasteiger partial charge in [-0.05, 0) is 55.8 Å². The van der Waals surface area contributed by atoms with E-state index in [1.165, 1.54) is 0 Å². The van der Waals surface area contributed by atoms with Crippen LogP contribution in [0.3, 0.4) is 0 Å². The molecule has 27 heavy (non-hydrogen) atoms. The SMILES string of the molecule is CCNCc1ccccc1NC(=O)c1cccc(Cn2nc(C)cc2C)c1. The Bertz CT molecular complexity index is 930. The van der Waals surface area contributed by atoms with E-state index in [1.54, 1.807) is 0 Å². The average Bonchev–Trinajstić information content (AvgIpc) is 2.98. The Morgan fingerprint density at radius 3 is 2.63 bits per heavy atom. The zero-order chi connectivity index (χ0) is 19.2. The lowest BCUT2D eigenvalue weighted by Gasteiger charge is -2.12. The van der Waals surface area contributed by atoms with Gasteiger partial charge in [0.1, 0.15) is 0 Å². The van der Waals surface area contributed by atoms with Crippen molar-refractivity contribution in [3.8, 4) is 0 Å². The first-order chi connectivity index (χ1) is 13.1. The number of para-hydroxylation sites is 1. The van der Waals surface area contributed by atoms with Gasteiger partial charge in [-0.1, -0.05) is 37.3 Å². The van der Waals surface area contributed by atoms with Gasteiger partial charge in [-0.25, -0.2) is 0 Å². The van der Waals surface area contributed by atoms with Gasteiger partial charge in [0.2, 0.25) is 0 Å². The molecule has 0 spiro atoms. The molecule has 3 rings (SSSR count). The topological polar surface area (TPSA) is 58.9 Å². The Balaban J connectivity index is 1.75. The first-order valence-corrected chi connectivity index (χ1v) is 9.26. The van der Waals surface area contributed by atoms with Crippen LogP contribution in [0.4, 0.5) is 5.69 Å². The zero-order valence-corrected chi connectivity index (χ0v) is 16.1. The van der Waals surface area contributed by atoms with E-state index in [2.05, 4.69) is 28.7 Å². The van der Waals surface area contributed by atoms with E-state index in [4.69, 9.17) is 0 Å². The summed E-state index contributed by atoms with van der Waals surface area (Å²) in [5, 5.41) is 10.8. The van der Waals surface area contributed by atoms with E-state index in [1.807, 2.05) is 67.1 Å². The number of nitrogens with one attached hydrogen (secondary N) is 2. The van der Waals surface area contributed by atoms with E-state index in [0.717, 1.165) is 41.3 Å². The van der Waals surface area contributed by atoms with Crippen molar-refractivity contribution < 1.29 is 4.79 Å². The van der Waals surface area contributed by atoms with Gasteiger partial charge in [0.05, 0.1) is 12.2 Å². The highest BCUT2D eigenvalue weighted by Crippen LogP contribution is 2.17. The van der Waals surface area contributed by atoms with Crippen molar-refractivity contribution in [1.29, 1.82) is 0 Å². The smallest absolute Gasteiger partial charge is 0.255 e. The van der Waals surface area contributed by atoms with Gasteiger partial charge in [-0.15, -0.1) is 0 Å².